The van der Waals surface area contributed by atoms with Gasteiger partial charge in [-0.25, -0.2) is 0 Å². The van der Waals surface area contributed by atoms with Gasteiger partial charge in [-0.15, -0.1) is 11.3 Å². The first-order chi connectivity index (χ1) is 15.7. The van der Waals surface area contributed by atoms with Gasteiger partial charge >= 0.3 is 0 Å². The van der Waals surface area contributed by atoms with Gasteiger partial charge in [-0.2, -0.15) is 0 Å². The molecule has 1 aromatic heterocycles. The van der Waals surface area contributed by atoms with Crippen LogP contribution >= 0.6 is 11.3 Å². The van der Waals surface area contributed by atoms with Crippen molar-refractivity contribution in [1.82, 2.24) is 15.1 Å². The first kappa shape index (κ1) is 22.5. The Morgan fingerprint density at radius 2 is 1.69 bits per heavy atom. The van der Waals surface area contributed by atoms with Crippen molar-refractivity contribution in [2.45, 2.75) is 13.0 Å². The molecule has 1 fully saturated rings. The predicted octanol–water partition coefficient (Wildman–Crippen LogP) is 4.59. The lowest BCUT2D eigenvalue weighted by atomic mass is 10.0. The summed E-state index contributed by atoms with van der Waals surface area (Å²) in [6.45, 7) is 7.28. The average Bonchev–Trinajstić information content (AvgIpc) is 3.35. The van der Waals surface area contributed by atoms with E-state index < -0.39 is 0 Å². The van der Waals surface area contributed by atoms with Crippen LogP contribution in [-0.4, -0.2) is 55.0 Å². The number of nitrogens with zero attached hydrogens (tertiary/aromatic N) is 2. The quantitative estimate of drug-likeness (QED) is 0.551. The summed E-state index contributed by atoms with van der Waals surface area (Å²) in [6.07, 6.45) is 4.40. The van der Waals surface area contributed by atoms with E-state index in [1.54, 1.807) is 11.3 Å². The highest BCUT2D eigenvalue weighted by molar-refractivity contribution is 7.10. The maximum Gasteiger partial charge on any atom is 0.234 e. The third kappa shape index (κ3) is 6.39. The second kappa shape index (κ2) is 11.2. The van der Waals surface area contributed by atoms with Crippen molar-refractivity contribution in [3.8, 4) is 0 Å². The van der Waals surface area contributed by atoms with Crippen LogP contribution in [0.15, 0.2) is 78.2 Å². The molecule has 0 radical (unpaired) electrons. The largest absolute Gasteiger partial charge is 0.343 e. The van der Waals surface area contributed by atoms with E-state index in [-0.39, 0.29) is 11.9 Å². The molecule has 0 saturated carbocycles. The summed E-state index contributed by atoms with van der Waals surface area (Å²) in [5.41, 5.74) is 3.58. The van der Waals surface area contributed by atoms with Crippen molar-refractivity contribution in [2.75, 3.05) is 39.3 Å². The number of thiophene rings is 1. The van der Waals surface area contributed by atoms with Crippen LogP contribution in [0.5, 0.6) is 0 Å². The van der Waals surface area contributed by atoms with Crippen LogP contribution in [0.25, 0.3) is 6.08 Å². The minimum atomic E-state index is -0.0903. The molecule has 2 heterocycles. The molecule has 1 N–H and O–H groups in total. The van der Waals surface area contributed by atoms with Crippen LogP contribution in [0.1, 0.15) is 27.6 Å². The van der Waals surface area contributed by atoms with E-state index >= 15 is 0 Å². The molecule has 1 saturated heterocycles. The average molecular weight is 446 g/mol. The van der Waals surface area contributed by atoms with Gasteiger partial charge in [0.25, 0.3) is 0 Å². The minimum Gasteiger partial charge on any atom is -0.343 e. The number of hydrogen-bond acceptors (Lipinski definition) is 4. The van der Waals surface area contributed by atoms with E-state index in [0.29, 0.717) is 6.54 Å². The van der Waals surface area contributed by atoms with Gasteiger partial charge in [-0.3, -0.25) is 14.6 Å². The summed E-state index contributed by atoms with van der Waals surface area (Å²) in [4.78, 5) is 18.8. The summed E-state index contributed by atoms with van der Waals surface area (Å²) in [7, 11) is 0. The Balaban J connectivity index is 1.26. The highest BCUT2D eigenvalue weighted by atomic mass is 32.1. The van der Waals surface area contributed by atoms with Gasteiger partial charge in [0.1, 0.15) is 0 Å². The van der Waals surface area contributed by atoms with Crippen molar-refractivity contribution < 1.29 is 4.79 Å². The van der Waals surface area contributed by atoms with Crippen molar-refractivity contribution in [2.24, 2.45) is 0 Å². The topological polar surface area (TPSA) is 35.6 Å². The molecule has 3 aromatic rings. The fourth-order valence-electron chi connectivity index (χ4n) is 3.97. The van der Waals surface area contributed by atoms with E-state index in [1.165, 1.54) is 11.1 Å². The number of nitrogens with one attached hydrogen (secondary N) is 1. The number of aryl methyl sites for hydroxylation is 1. The molecule has 0 bridgehead atoms. The van der Waals surface area contributed by atoms with Crippen molar-refractivity contribution in [1.29, 1.82) is 0 Å². The lowest BCUT2D eigenvalue weighted by molar-refractivity contribution is -0.123. The smallest absolute Gasteiger partial charge is 0.234 e. The van der Waals surface area contributed by atoms with E-state index in [4.69, 9.17) is 0 Å². The maximum atomic E-state index is 12.9. The summed E-state index contributed by atoms with van der Waals surface area (Å²) in [5, 5.41) is 5.33. The summed E-state index contributed by atoms with van der Waals surface area (Å²) >= 11 is 1.68. The van der Waals surface area contributed by atoms with Crippen LogP contribution in [0.3, 0.4) is 0 Å². The van der Waals surface area contributed by atoms with E-state index in [1.807, 2.05) is 12.1 Å². The minimum absolute atomic E-state index is 0.0846. The van der Waals surface area contributed by atoms with Crippen molar-refractivity contribution in [3.05, 3.63) is 99.8 Å². The molecule has 32 heavy (non-hydrogen) atoms. The van der Waals surface area contributed by atoms with Crippen LogP contribution in [0.4, 0.5) is 0 Å². The highest BCUT2D eigenvalue weighted by Gasteiger charge is 2.22. The molecular weight excluding hydrogens is 414 g/mol. The van der Waals surface area contributed by atoms with Crippen LogP contribution in [0.2, 0.25) is 0 Å². The molecule has 166 valence electrons. The highest BCUT2D eigenvalue weighted by Crippen LogP contribution is 2.26. The Morgan fingerprint density at radius 3 is 2.38 bits per heavy atom. The third-order valence-corrected chi connectivity index (χ3v) is 6.79. The zero-order valence-electron chi connectivity index (χ0n) is 18.6. The Morgan fingerprint density at radius 1 is 0.969 bits per heavy atom. The SMILES string of the molecule is Cc1ccc(C(NC(=O)CN2CCN(C/C=C/c3ccccc3)CC2)c2cccs2)cc1. The maximum absolute atomic E-state index is 12.9. The first-order valence-corrected chi connectivity index (χ1v) is 12.1. The fourth-order valence-corrected chi connectivity index (χ4v) is 4.78. The molecule has 5 heteroatoms. The summed E-state index contributed by atoms with van der Waals surface area (Å²) in [6, 6.07) is 22.9. The zero-order chi connectivity index (χ0) is 22.2. The number of hydrogen-bond donors (Lipinski definition) is 1. The monoisotopic (exact) mass is 445 g/mol. The second-order valence-corrected chi connectivity index (χ2v) is 9.30. The number of amides is 1. The molecule has 0 aliphatic carbocycles. The van der Waals surface area contributed by atoms with Gasteiger partial charge in [0.15, 0.2) is 0 Å². The molecule has 1 unspecified atom stereocenters. The van der Waals surface area contributed by atoms with E-state index in [9.17, 15) is 4.79 Å². The summed E-state index contributed by atoms with van der Waals surface area (Å²) < 4.78 is 0. The van der Waals surface area contributed by atoms with Gasteiger partial charge in [0.05, 0.1) is 12.6 Å². The third-order valence-electron chi connectivity index (χ3n) is 5.85. The number of benzene rings is 2. The van der Waals surface area contributed by atoms with Gasteiger partial charge in [-0.05, 0) is 29.5 Å². The number of piperazine rings is 1. The molecule has 1 aliphatic rings. The zero-order valence-corrected chi connectivity index (χ0v) is 19.4. The molecule has 1 atom stereocenters. The van der Waals surface area contributed by atoms with Crippen LogP contribution in [-0.2, 0) is 4.79 Å². The van der Waals surface area contributed by atoms with Crippen LogP contribution < -0.4 is 5.32 Å². The Bertz CT molecular complexity index is 991. The van der Waals surface area contributed by atoms with Crippen LogP contribution in [0, 0.1) is 6.92 Å². The number of carbonyl (C=O) groups excluding carboxylic acids is 1. The van der Waals surface area contributed by atoms with E-state index in [2.05, 4.69) is 94.2 Å². The molecule has 2 aromatic carbocycles. The Kier molecular flexibility index (Phi) is 7.88. The Labute approximate surface area is 195 Å². The lowest BCUT2D eigenvalue weighted by Crippen LogP contribution is -2.49. The lowest BCUT2D eigenvalue weighted by Gasteiger charge is -2.34. The number of carbonyl (C=O) groups is 1. The summed E-state index contributed by atoms with van der Waals surface area (Å²) in [5.74, 6) is 0.0846. The van der Waals surface area contributed by atoms with E-state index in [0.717, 1.165) is 43.2 Å². The second-order valence-electron chi connectivity index (χ2n) is 8.32. The van der Waals surface area contributed by atoms with Gasteiger partial charge in [0, 0.05) is 37.6 Å². The fraction of sp³-hybridized carbons (Fsp3) is 0.296. The molecule has 1 amide bonds. The molecular formula is C27H31N3OS. The first-order valence-electron chi connectivity index (χ1n) is 11.2. The Hall–Kier alpha value is -2.73. The van der Waals surface area contributed by atoms with Crippen molar-refractivity contribution in [3.63, 3.8) is 0 Å². The molecule has 0 spiro atoms. The normalized spacial score (nSPS) is 16.3. The standard InChI is InChI=1S/C27H31N3OS/c1-22-11-13-24(14-12-22)27(25-10-6-20-32-25)28-26(31)21-30-18-16-29(17-19-30)15-5-9-23-7-3-2-4-8-23/h2-14,20,27H,15-19,21H2,1H3,(H,28,31)/b9-5+. The van der Waals surface area contributed by atoms with Crippen molar-refractivity contribution >= 4 is 23.3 Å². The predicted molar refractivity (Wildman–Crippen MR) is 134 cm³/mol. The molecule has 1 aliphatic heterocycles. The number of rotatable bonds is 8. The molecule has 4 rings (SSSR count). The molecule has 4 nitrogen and oxygen atoms in total. The van der Waals surface area contributed by atoms with Gasteiger partial charge in [0.2, 0.25) is 5.91 Å². The van der Waals surface area contributed by atoms with Gasteiger partial charge < -0.3 is 5.32 Å². The van der Waals surface area contributed by atoms with Gasteiger partial charge in [-0.1, -0.05) is 78.4 Å².